The van der Waals surface area contributed by atoms with Crippen molar-refractivity contribution >= 4 is 0 Å². The summed E-state index contributed by atoms with van der Waals surface area (Å²) in [7, 11) is 0. The van der Waals surface area contributed by atoms with Gasteiger partial charge in [-0.2, -0.15) is 0 Å². The van der Waals surface area contributed by atoms with Crippen molar-refractivity contribution in [2.24, 2.45) is 5.92 Å². The molecule has 1 heterocycles. The van der Waals surface area contributed by atoms with Crippen LogP contribution in [-0.2, 0) is 11.2 Å². The van der Waals surface area contributed by atoms with Crippen LogP contribution in [0.25, 0.3) is 0 Å². The molecule has 3 unspecified atom stereocenters. The highest BCUT2D eigenvalue weighted by Gasteiger charge is 2.21. The zero-order valence-corrected chi connectivity index (χ0v) is 11.8. The molecule has 0 amide bonds. The molecule has 1 aliphatic rings. The van der Waals surface area contributed by atoms with E-state index in [-0.39, 0.29) is 6.10 Å². The van der Waals surface area contributed by atoms with E-state index in [0.717, 1.165) is 19.6 Å². The Morgan fingerprint density at radius 3 is 2.89 bits per heavy atom. The second-order valence-corrected chi connectivity index (χ2v) is 5.39. The second kappa shape index (κ2) is 6.35. The molecular formula is C16H25NO. The molecule has 0 bridgehead atoms. The number of hydrogen-bond donors (Lipinski definition) is 1. The predicted octanol–water partition coefficient (Wildman–Crippen LogP) is 3.32. The molecule has 0 fully saturated rings. The molecule has 1 aromatic carbocycles. The van der Waals surface area contributed by atoms with E-state index in [1.54, 1.807) is 0 Å². The van der Waals surface area contributed by atoms with Crippen LogP contribution in [0, 0.1) is 5.92 Å². The van der Waals surface area contributed by atoms with Crippen molar-refractivity contribution < 1.29 is 4.74 Å². The van der Waals surface area contributed by atoms with Crippen LogP contribution < -0.4 is 5.32 Å². The first-order valence-electron chi connectivity index (χ1n) is 7.15. The average Bonchev–Trinajstić information content (AvgIpc) is 2.43. The van der Waals surface area contributed by atoms with E-state index in [4.69, 9.17) is 4.74 Å². The summed E-state index contributed by atoms with van der Waals surface area (Å²) in [5.41, 5.74) is 2.82. The standard InChI is InChI=1S/C16H25NO/c1-4-12(2)13(3)17-11-16-15-8-6-5-7-14(15)9-10-18-16/h5-8,12-13,16-17H,4,9-11H2,1-3H3. The zero-order valence-electron chi connectivity index (χ0n) is 11.8. The summed E-state index contributed by atoms with van der Waals surface area (Å²) in [5, 5.41) is 3.62. The van der Waals surface area contributed by atoms with Gasteiger partial charge in [0, 0.05) is 12.6 Å². The number of benzene rings is 1. The van der Waals surface area contributed by atoms with Gasteiger partial charge in [0.1, 0.15) is 0 Å². The fraction of sp³-hybridized carbons (Fsp3) is 0.625. The summed E-state index contributed by atoms with van der Waals surface area (Å²) >= 11 is 0. The van der Waals surface area contributed by atoms with Crippen molar-refractivity contribution in [1.29, 1.82) is 0 Å². The third kappa shape index (κ3) is 3.12. The Kier molecular flexibility index (Phi) is 4.79. The maximum atomic E-state index is 5.91. The van der Waals surface area contributed by atoms with Gasteiger partial charge in [-0.3, -0.25) is 0 Å². The molecule has 2 heteroatoms. The summed E-state index contributed by atoms with van der Waals surface area (Å²) < 4.78 is 5.91. The van der Waals surface area contributed by atoms with Gasteiger partial charge < -0.3 is 10.1 Å². The molecule has 1 aromatic rings. The molecule has 2 nitrogen and oxygen atoms in total. The first-order valence-corrected chi connectivity index (χ1v) is 7.15. The van der Waals surface area contributed by atoms with Crippen molar-refractivity contribution in [1.82, 2.24) is 5.32 Å². The largest absolute Gasteiger partial charge is 0.372 e. The van der Waals surface area contributed by atoms with E-state index in [0.29, 0.717) is 12.0 Å². The van der Waals surface area contributed by atoms with Crippen LogP contribution in [0.2, 0.25) is 0 Å². The highest BCUT2D eigenvalue weighted by molar-refractivity contribution is 5.31. The van der Waals surface area contributed by atoms with Crippen molar-refractivity contribution in [3.8, 4) is 0 Å². The number of fused-ring (bicyclic) bond motifs is 1. The summed E-state index contributed by atoms with van der Waals surface area (Å²) in [6, 6.07) is 9.21. The van der Waals surface area contributed by atoms with Crippen molar-refractivity contribution in [2.45, 2.75) is 45.8 Å². The van der Waals surface area contributed by atoms with Gasteiger partial charge in [0.25, 0.3) is 0 Å². The van der Waals surface area contributed by atoms with Crippen molar-refractivity contribution in [2.75, 3.05) is 13.2 Å². The van der Waals surface area contributed by atoms with Crippen LogP contribution in [0.15, 0.2) is 24.3 Å². The fourth-order valence-corrected chi connectivity index (χ4v) is 2.49. The van der Waals surface area contributed by atoms with Gasteiger partial charge in [0.2, 0.25) is 0 Å². The monoisotopic (exact) mass is 247 g/mol. The smallest absolute Gasteiger partial charge is 0.0952 e. The second-order valence-electron chi connectivity index (χ2n) is 5.39. The van der Waals surface area contributed by atoms with Crippen molar-refractivity contribution in [3.63, 3.8) is 0 Å². The Morgan fingerprint density at radius 2 is 2.11 bits per heavy atom. The van der Waals surface area contributed by atoms with Gasteiger partial charge in [-0.25, -0.2) is 0 Å². The van der Waals surface area contributed by atoms with E-state index in [1.807, 2.05) is 0 Å². The van der Waals surface area contributed by atoms with E-state index >= 15 is 0 Å². The molecule has 1 aliphatic heterocycles. The summed E-state index contributed by atoms with van der Waals surface area (Å²) in [4.78, 5) is 0. The van der Waals surface area contributed by atoms with Gasteiger partial charge in [-0.05, 0) is 30.4 Å². The lowest BCUT2D eigenvalue weighted by Gasteiger charge is -2.29. The lowest BCUT2D eigenvalue weighted by Crippen LogP contribution is -2.36. The minimum Gasteiger partial charge on any atom is -0.372 e. The maximum absolute atomic E-state index is 5.91. The van der Waals surface area contributed by atoms with Crippen LogP contribution >= 0.6 is 0 Å². The molecule has 100 valence electrons. The maximum Gasteiger partial charge on any atom is 0.0952 e. The van der Waals surface area contributed by atoms with E-state index in [1.165, 1.54) is 17.5 Å². The Hall–Kier alpha value is -0.860. The first-order chi connectivity index (χ1) is 8.72. The van der Waals surface area contributed by atoms with E-state index in [9.17, 15) is 0 Å². The fourth-order valence-electron chi connectivity index (χ4n) is 2.49. The van der Waals surface area contributed by atoms with Crippen LogP contribution in [0.1, 0.15) is 44.4 Å². The molecule has 18 heavy (non-hydrogen) atoms. The third-order valence-electron chi connectivity index (χ3n) is 4.22. The highest BCUT2D eigenvalue weighted by Crippen LogP contribution is 2.26. The lowest BCUT2D eigenvalue weighted by molar-refractivity contribution is 0.0398. The number of nitrogens with one attached hydrogen (secondary N) is 1. The molecule has 0 radical (unpaired) electrons. The lowest BCUT2D eigenvalue weighted by atomic mass is 9.96. The molecule has 0 spiro atoms. The predicted molar refractivity (Wildman–Crippen MR) is 75.8 cm³/mol. The highest BCUT2D eigenvalue weighted by atomic mass is 16.5. The molecule has 0 saturated carbocycles. The molecule has 0 aliphatic carbocycles. The first kappa shape index (κ1) is 13.6. The van der Waals surface area contributed by atoms with Gasteiger partial charge >= 0.3 is 0 Å². The topological polar surface area (TPSA) is 21.3 Å². The minimum atomic E-state index is 0.224. The Morgan fingerprint density at radius 1 is 1.33 bits per heavy atom. The van der Waals surface area contributed by atoms with Crippen LogP contribution in [0.5, 0.6) is 0 Å². The zero-order chi connectivity index (χ0) is 13.0. The van der Waals surface area contributed by atoms with Gasteiger partial charge in [-0.15, -0.1) is 0 Å². The van der Waals surface area contributed by atoms with Gasteiger partial charge in [0.05, 0.1) is 12.7 Å². The normalized spacial score (nSPS) is 22.3. The molecule has 2 rings (SSSR count). The Balaban J connectivity index is 1.95. The van der Waals surface area contributed by atoms with Gasteiger partial charge in [0.15, 0.2) is 0 Å². The Bertz CT molecular complexity index is 377. The minimum absolute atomic E-state index is 0.224. The number of ether oxygens (including phenoxy) is 1. The van der Waals surface area contributed by atoms with E-state index < -0.39 is 0 Å². The molecule has 3 atom stereocenters. The number of hydrogen-bond acceptors (Lipinski definition) is 2. The van der Waals surface area contributed by atoms with Crippen LogP contribution in [0.4, 0.5) is 0 Å². The quantitative estimate of drug-likeness (QED) is 0.862. The molecule has 0 aromatic heterocycles. The molecule has 0 saturated heterocycles. The van der Waals surface area contributed by atoms with Crippen molar-refractivity contribution in [3.05, 3.63) is 35.4 Å². The number of rotatable bonds is 5. The van der Waals surface area contributed by atoms with E-state index in [2.05, 4.69) is 50.4 Å². The van der Waals surface area contributed by atoms with Crippen LogP contribution in [-0.4, -0.2) is 19.2 Å². The third-order valence-corrected chi connectivity index (χ3v) is 4.22. The summed E-state index contributed by atoms with van der Waals surface area (Å²) in [5.74, 6) is 0.712. The average molecular weight is 247 g/mol. The molecular weight excluding hydrogens is 222 g/mol. The summed E-state index contributed by atoms with van der Waals surface area (Å²) in [6.07, 6.45) is 2.49. The Labute approximate surface area is 111 Å². The summed E-state index contributed by atoms with van der Waals surface area (Å²) in [6.45, 7) is 8.58. The van der Waals surface area contributed by atoms with Crippen LogP contribution in [0.3, 0.4) is 0 Å². The SMILES string of the molecule is CCC(C)C(C)NCC1OCCc2ccccc21. The van der Waals surface area contributed by atoms with Gasteiger partial charge in [-0.1, -0.05) is 44.5 Å². The molecule has 1 N–H and O–H groups in total.